The first-order chi connectivity index (χ1) is 16.2. The fourth-order valence-electron chi connectivity index (χ4n) is 3.37. The van der Waals surface area contributed by atoms with E-state index in [0.29, 0.717) is 5.82 Å². The van der Waals surface area contributed by atoms with E-state index in [9.17, 15) is 9.35 Å². The summed E-state index contributed by atoms with van der Waals surface area (Å²) < 4.78 is 21.7. The van der Waals surface area contributed by atoms with Crippen LogP contribution in [-0.2, 0) is 16.1 Å². The number of carbonyl (C=O) groups is 1. The molecule has 0 fully saturated rings. The van der Waals surface area contributed by atoms with Gasteiger partial charge in [-0.25, -0.2) is 14.5 Å². The number of fused-ring (bicyclic) bond motifs is 1. The fraction of sp³-hybridized carbons (Fsp3) is 0.280. The third-order valence-electron chi connectivity index (χ3n) is 5.27. The first kappa shape index (κ1) is 23.9. The maximum atomic E-state index is 12.5. The van der Waals surface area contributed by atoms with E-state index in [1.807, 2.05) is 64.1 Å². The van der Waals surface area contributed by atoms with Crippen LogP contribution in [0.5, 0.6) is 0 Å². The monoisotopic (exact) mass is 477 g/mol. The summed E-state index contributed by atoms with van der Waals surface area (Å²) in [5.41, 5.74) is 3.54. The van der Waals surface area contributed by atoms with Crippen molar-refractivity contribution >= 4 is 28.2 Å². The highest BCUT2D eigenvalue weighted by Crippen LogP contribution is 2.26. The molecule has 176 valence electrons. The fourth-order valence-corrected chi connectivity index (χ4v) is 4.17. The van der Waals surface area contributed by atoms with Crippen LogP contribution >= 0.6 is 0 Å². The van der Waals surface area contributed by atoms with Gasteiger partial charge >= 0.3 is 5.97 Å². The van der Waals surface area contributed by atoms with Crippen LogP contribution in [0, 0.1) is 0 Å². The van der Waals surface area contributed by atoms with Crippen molar-refractivity contribution in [2.24, 2.45) is 0 Å². The SMILES string of the molecule is COC(=O)c1cccc(-n2ncc3ccc(-c4cccc([C@H](C)N[S@+]([O-])C(C)(C)C)n4)cc32)n1. The van der Waals surface area contributed by atoms with Crippen LogP contribution in [0.3, 0.4) is 0 Å². The van der Waals surface area contributed by atoms with E-state index < -0.39 is 17.3 Å². The molecule has 9 heteroatoms. The molecule has 0 saturated heterocycles. The summed E-state index contributed by atoms with van der Waals surface area (Å²) >= 11 is -1.20. The van der Waals surface area contributed by atoms with Gasteiger partial charge in [-0.1, -0.05) is 24.3 Å². The van der Waals surface area contributed by atoms with Crippen molar-refractivity contribution < 1.29 is 14.1 Å². The molecule has 0 spiro atoms. The summed E-state index contributed by atoms with van der Waals surface area (Å²) in [6, 6.07) is 16.7. The smallest absolute Gasteiger partial charge is 0.356 e. The molecule has 0 aliphatic carbocycles. The van der Waals surface area contributed by atoms with Gasteiger partial charge in [0.2, 0.25) is 0 Å². The number of benzene rings is 1. The highest BCUT2D eigenvalue weighted by molar-refractivity contribution is 7.90. The molecule has 0 aliphatic heterocycles. The summed E-state index contributed by atoms with van der Waals surface area (Å²) in [4.78, 5) is 21.1. The van der Waals surface area contributed by atoms with Crippen LogP contribution in [-0.4, -0.2) is 42.1 Å². The van der Waals surface area contributed by atoms with Crippen molar-refractivity contribution in [2.75, 3.05) is 7.11 Å². The topological polar surface area (TPSA) is 105 Å². The molecule has 0 bridgehead atoms. The van der Waals surface area contributed by atoms with Crippen molar-refractivity contribution in [2.45, 2.75) is 38.5 Å². The normalized spacial score (nSPS) is 13.6. The van der Waals surface area contributed by atoms with Gasteiger partial charge in [-0.3, -0.25) is 4.98 Å². The second-order valence-electron chi connectivity index (χ2n) is 8.87. The number of hydrogen-bond acceptors (Lipinski definition) is 7. The molecule has 0 aliphatic rings. The minimum atomic E-state index is -1.20. The van der Waals surface area contributed by atoms with Crippen LogP contribution in [0.2, 0.25) is 0 Å². The molecule has 0 amide bonds. The van der Waals surface area contributed by atoms with Crippen molar-refractivity contribution in [3.63, 3.8) is 0 Å². The largest absolute Gasteiger partial charge is 0.598 e. The van der Waals surface area contributed by atoms with E-state index in [2.05, 4.69) is 14.8 Å². The van der Waals surface area contributed by atoms with Crippen molar-refractivity contribution in [3.8, 4) is 17.1 Å². The Labute approximate surface area is 201 Å². The highest BCUT2D eigenvalue weighted by atomic mass is 32.2. The van der Waals surface area contributed by atoms with Gasteiger partial charge < -0.3 is 9.29 Å². The Morgan fingerprint density at radius 3 is 2.62 bits per heavy atom. The van der Waals surface area contributed by atoms with Gasteiger partial charge in [0.05, 0.1) is 36.3 Å². The van der Waals surface area contributed by atoms with E-state index >= 15 is 0 Å². The Hall–Kier alpha value is -3.27. The van der Waals surface area contributed by atoms with Crippen LogP contribution in [0.25, 0.3) is 28.0 Å². The van der Waals surface area contributed by atoms with Gasteiger partial charge in [0.25, 0.3) is 0 Å². The van der Waals surface area contributed by atoms with E-state index in [1.165, 1.54) is 7.11 Å². The van der Waals surface area contributed by atoms with Crippen LogP contribution in [0.1, 0.15) is 49.9 Å². The number of ether oxygens (including phenoxy) is 1. The standard InChI is InChI=1S/C25H27N5O3S/c1-16(29-34(32)25(2,3)4)19-8-6-9-20(27-19)17-12-13-18-15-26-30(22(18)14-17)23-11-7-10-21(28-23)24(31)33-5/h6-16,29H,1-5H3/t16-,34+/m0/s1. The Morgan fingerprint density at radius 2 is 1.88 bits per heavy atom. The average Bonchev–Trinajstić information content (AvgIpc) is 3.26. The Bertz CT molecular complexity index is 1330. The number of carbonyl (C=O) groups excluding carboxylic acids is 1. The maximum absolute atomic E-state index is 12.5. The predicted molar refractivity (Wildman–Crippen MR) is 133 cm³/mol. The van der Waals surface area contributed by atoms with E-state index in [1.54, 1.807) is 29.1 Å². The number of pyridine rings is 2. The zero-order valence-electron chi connectivity index (χ0n) is 19.8. The second kappa shape index (κ2) is 9.54. The molecule has 0 saturated carbocycles. The minimum absolute atomic E-state index is 0.181. The summed E-state index contributed by atoms with van der Waals surface area (Å²) in [6.07, 6.45) is 1.75. The van der Waals surface area contributed by atoms with Crippen molar-refractivity contribution in [1.82, 2.24) is 24.5 Å². The van der Waals surface area contributed by atoms with Gasteiger partial charge in [0.15, 0.2) is 11.5 Å². The molecule has 34 heavy (non-hydrogen) atoms. The summed E-state index contributed by atoms with van der Waals surface area (Å²) in [5.74, 6) is 0.00868. The Balaban J connectivity index is 1.68. The van der Waals surface area contributed by atoms with E-state index in [-0.39, 0.29) is 16.5 Å². The average molecular weight is 478 g/mol. The minimum Gasteiger partial charge on any atom is -0.598 e. The molecular formula is C25H27N5O3S. The first-order valence-corrected chi connectivity index (χ1v) is 12.0. The Kier molecular flexibility index (Phi) is 6.70. The van der Waals surface area contributed by atoms with Crippen LogP contribution < -0.4 is 4.72 Å². The van der Waals surface area contributed by atoms with E-state index in [4.69, 9.17) is 9.72 Å². The molecule has 0 unspecified atom stereocenters. The second-order valence-corrected chi connectivity index (χ2v) is 10.9. The molecule has 4 aromatic rings. The van der Waals surface area contributed by atoms with E-state index in [0.717, 1.165) is 27.9 Å². The number of methoxy groups -OCH3 is 1. The molecular weight excluding hydrogens is 450 g/mol. The van der Waals surface area contributed by atoms with Gasteiger partial charge in [-0.05, 0) is 58.0 Å². The third kappa shape index (κ3) is 4.96. The molecule has 4 rings (SSSR count). The molecule has 8 nitrogen and oxygen atoms in total. The Morgan fingerprint density at radius 1 is 1.12 bits per heavy atom. The maximum Gasteiger partial charge on any atom is 0.356 e. The van der Waals surface area contributed by atoms with Crippen LogP contribution in [0.15, 0.2) is 60.8 Å². The zero-order valence-corrected chi connectivity index (χ0v) is 20.6. The summed E-state index contributed by atoms with van der Waals surface area (Å²) in [6.45, 7) is 7.75. The number of hydrogen-bond donors (Lipinski definition) is 1. The summed E-state index contributed by atoms with van der Waals surface area (Å²) in [5, 5.41) is 5.40. The lowest BCUT2D eigenvalue weighted by molar-refractivity contribution is 0.0594. The van der Waals surface area contributed by atoms with Gasteiger partial charge in [0, 0.05) is 22.3 Å². The summed E-state index contributed by atoms with van der Waals surface area (Å²) in [7, 11) is 1.32. The molecule has 3 aromatic heterocycles. The molecule has 1 aromatic carbocycles. The number of esters is 1. The van der Waals surface area contributed by atoms with Gasteiger partial charge in [-0.2, -0.15) is 5.10 Å². The molecule has 1 N–H and O–H groups in total. The number of nitrogens with one attached hydrogen (secondary N) is 1. The lowest BCUT2D eigenvalue weighted by atomic mass is 10.1. The third-order valence-corrected chi connectivity index (χ3v) is 6.95. The highest BCUT2D eigenvalue weighted by Gasteiger charge is 2.28. The van der Waals surface area contributed by atoms with Gasteiger partial charge in [0.1, 0.15) is 4.75 Å². The molecule has 2 atom stereocenters. The number of nitrogens with zero attached hydrogens (tertiary/aromatic N) is 4. The quantitative estimate of drug-likeness (QED) is 0.324. The number of rotatable bonds is 6. The van der Waals surface area contributed by atoms with Crippen LogP contribution in [0.4, 0.5) is 0 Å². The first-order valence-electron chi connectivity index (χ1n) is 10.9. The van der Waals surface area contributed by atoms with Crippen molar-refractivity contribution in [3.05, 3.63) is 72.2 Å². The predicted octanol–water partition coefficient (Wildman–Crippen LogP) is 4.38. The molecule has 0 radical (unpaired) electrons. The zero-order chi connectivity index (χ0) is 24.5. The molecule has 3 heterocycles. The van der Waals surface area contributed by atoms with Gasteiger partial charge in [-0.15, -0.1) is 4.72 Å². The van der Waals surface area contributed by atoms with Crippen molar-refractivity contribution in [1.29, 1.82) is 0 Å². The lowest BCUT2D eigenvalue weighted by Gasteiger charge is -2.26. The number of aromatic nitrogens is 4. The lowest BCUT2D eigenvalue weighted by Crippen LogP contribution is -2.40.